The summed E-state index contributed by atoms with van der Waals surface area (Å²) < 4.78 is 23.9. The lowest BCUT2D eigenvalue weighted by atomic mass is 10.1. The molecular formula is C13H14FN3O2. The smallest absolute Gasteiger partial charge is 0.220 e. The van der Waals surface area contributed by atoms with Crippen LogP contribution in [0.4, 0.5) is 10.3 Å². The number of methoxy groups -OCH3 is 2. The van der Waals surface area contributed by atoms with Crippen molar-refractivity contribution in [1.29, 1.82) is 0 Å². The second kappa shape index (κ2) is 5.51. The Bertz CT molecular complexity index is 590. The van der Waals surface area contributed by atoms with E-state index >= 15 is 0 Å². The normalized spacial score (nSPS) is 10.3. The Hall–Kier alpha value is -2.37. The quantitative estimate of drug-likeness (QED) is 0.910. The average Bonchev–Trinajstić information content (AvgIpc) is 2.43. The Kier molecular flexibility index (Phi) is 3.79. The minimum absolute atomic E-state index is 0.0453. The molecule has 1 heterocycles. The Morgan fingerprint density at radius 3 is 2.74 bits per heavy atom. The number of nitrogen functional groups attached to an aromatic ring is 1. The van der Waals surface area contributed by atoms with Gasteiger partial charge in [-0.3, -0.25) is 0 Å². The van der Waals surface area contributed by atoms with Crippen LogP contribution in [-0.2, 0) is 6.42 Å². The fourth-order valence-electron chi connectivity index (χ4n) is 1.72. The van der Waals surface area contributed by atoms with Gasteiger partial charge in [0, 0.05) is 18.1 Å². The summed E-state index contributed by atoms with van der Waals surface area (Å²) in [5, 5.41) is 0. The number of hydrogen-bond donors (Lipinski definition) is 1. The van der Waals surface area contributed by atoms with Gasteiger partial charge < -0.3 is 15.2 Å². The van der Waals surface area contributed by atoms with Gasteiger partial charge in [-0.15, -0.1) is 0 Å². The van der Waals surface area contributed by atoms with Crippen LogP contribution in [0.25, 0.3) is 0 Å². The van der Waals surface area contributed by atoms with E-state index in [1.54, 1.807) is 32.4 Å². The summed E-state index contributed by atoms with van der Waals surface area (Å²) in [5.74, 6) is 0.829. The maximum absolute atomic E-state index is 13.6. The zero-order valence-corrected chi connectivity index (χ0v) is 10.7. The Morgan fingerprint density at radius 2 is 2.05 bits per heavy atom. The highest BCUT2D eigenvalue weighted by Crippen LogP contribution is 2.26. The van der Waals surface area contributed by atoms with Gasteiger partial charge in [0.15, 0.2) is 5.82 Å². The SMILES string of the molecule is COc1ccc(Cc2nc(N)ncc2F)c(OC)c1. The van der Waals surface area contributed by atoms with Crippen LogP contribution in [0, 0.1) is 5.82 Å². The lowest BCUT2D eigenvalue weighted by molar-refractivity contribution is 0.391. The van der Waals surface area contributed by atoms with Crippen LogP contribution in [0.15, 0.2) is 24.4 Å². The van der Waals surface area contributed by atoms with Gasteiger partial charge in [0.1, 0.15) is 11.5 Å². The molecule has 0 saturated carbocycles. The number of nitrogens with two attached hydrogens (primary N) is 1. The molecule has 19 heavy (non-hydrogen) atoms. The third-order valence-corrected chi connectivity index (χ3v) is 2.69. The number of nitrogens with zero attached hydrogens (tertiary/aromatic N) is 2. The molecule has 0 amide bonds. The topological polar surface area (TPSA) is 70.3 Å². The van der Waals surface area contributed by atoms with Crippen molar-refractivity contribution in [2.45, 2.75) is 6.42 Å². The van der Waals surface area contributed by atoms with Crippen LogP contribution in [0.5, 0.6) is 11.5 Å². The zero-order chi connectivity index (χ0) is 13.8. The van der Waals surface area contributed by atoms with E-state index in [0.29, 0.717) is 11.5 Å². The summed E-state index contributed by atoms with van der Waals surface area (Å²) in [6, 6.07) is 5.31. The van der Waals surface area contributed by atoms with Crippen molar-refractivity contribution < 1.29 is 13.9 Å². The molecule has 0 bridgehead atoms. The van der Waals surface area contributed by atoms with Crippen molar-refractivity contribution in [1.82, 2.24) is 9.97 Å². The van der Waals surface area contributed by atoms with Crippen molar-refractivity contribution in [3.8, 4) is 11.5 Å². The van der Waals surface area contributed by atoms with Gasteiger partial charge >= 0.3 is 0 Å². The lowest BCUT2D eigenvalue weighted by Gasteiger charge is -2.10. The van der Waals surface area contributed by atoms with Gasteiger partial charge in [-0.05, 0) is 6.07 Å². The van der Waals surface area contributed by atoms with Crippen LogP contribution >= 0.6 is 0 Å². The van der Waals surface area contributed by atoms with E-state index in [9.17, 15) is 4.39 Å². The molecule has 0 aliphatic rings. The predicted octanol–water partition coefficient (Wildman–Crippen LogP) is 1.81. The fourth-order valence-corrected chi connectivity index (χ4v) is 1.72. The van der Waals surface area contributed by atoms with Crippen LogP contribution in [0.2, 0.25) is 0 Å². The van der Waals surface area contributed by atoms with Gasteiger partial charge in [0.2, 0.25) is 5.95 Å². The molecule has 0 fully saturated rings. The summed E-state index contributed by atoms with van der Waals surface area (Å²) in [6.45, 7) is 0. The molecule has 0 spiro atoms. The van der Waals surface area contributed by atoms with E-state index in [4.69, 9.17) is 15.2 Å². The summed E-state index contributed by atoms with van der Waals surface area (Å²) in [6.07, 6.45) is 1.33. The lowest BCUT2D eigenvalue weighted by Crippen LogP contribution is -2.04. The van der Waals surface area contributed by atoms with E-state index in [2.05, 4.69) is 9.97 Å². The van der Waals surface area contributed by atoms with Gasteiger partial charge in [0.25, 0.3) is 0 Å². The summed E-state index contributed by atoms with van der Waals surface area (Å²) in [7, 11) is 3.11. The molecule has 0 aliphatic carbocycles. The molecule has 100 valence electrons. The number of benzene rings is 1. The van der Waals surface area contributed by atoms with Gasteiger partial charge in [0.05, 0.1) is 26.1 Å². The predicted molar refractivity (Wildman–Crippen MR) is 68.8 cm³/mol. The first-order chi connectivity index (χ1) is 9.13. The Labute approximate surface area is 110 Å². The molecule has 0 radical (unpaired) electrons. The monoisotopic (exact) mass is 263 g/mol. The van der Waals surface area contributed by atoms with E-state index in [0.717, 1.165) is 11.8 Å². The Morgan fingerprint density at radius 1 is 1.26 bits per heavy atom. The molecule has 6 heteroatoms. The van der Waals surface area contributed by atoms with E-state index in [1.165, 1.54) is 0 Å². The van der Waals surface area contributed by atoms with Crippen molar-refractivity contribution in [2.75, 3.05) is 20.0 Å². The molecule has 1 aromatic carbocycles. The molecule has 0 atom stereocenters. The molecule has 0 unspecified atom stereocenters. The highest BCUT2D eigenvalue weighted by atomic mass is 19.1. The second-order valence-electron chi connectivity index (χ2n) is 3.88. The maximum atomic E-state index is 13.6. The molecule has 5 nitrogen and oxygen atoms in total. The van der Waals surface area contributed by atoms with E-state index in [1.807, 2.05) is 0 Å². The van der Waals surface area contributed by atoms with Crippen LogP contribution < -0.4 is 15.2 Å². The van der Waals surface area contributed by atoms with Crippen molar-refractivity contribution in [2.24, 2.45) is 0 Å². The standard InChI is InChI=1S/C13H14FN3O2/c1-18-9-4-3-8(12(6-9)19-2)5-11-10(14)7-16-13(15)17-11/h3-4,6-7H,5H2,1-2H3,(H2,15,16,17). The molecule has 2 N–H and O–H groups in total. The first-order valence-electron chi connectivity index (χ1n) is 5.62. The molecular weight excluding hydrogens is 249 g/mol. The number of hydrogen-bond acceptors (Lipinski definition) is 5. The van der Waals surface area contributed by atoms with Gasteiger partial charge in [-0.1, -0.05) is 6.07 Å². The number of aromatic nitrogens is 2. The van der Waals surface area contributed by atoms with Crippen molar-refractivity contribution >= 4 is 5.95 Å². The highest BCUT2D eigenvalue weighted by Gasteiger charge is 2.11. The summed E-state index contributed by atoms with van der Waals surface area (Å²) >= 11 is 0. The van der Waals surface area contributed by atoms with Crippen LogP contribution in [0.3, 0.4) is 0 Å². The maximum Gasteiger partial charge on any atom is 0.220 e. The number of rotatable bonds is 4. The van der Waals surface area contributed by atoms with Gasteiger partial charge in [-0.2, -0.15) is 0 Å². The third-order valence-electron chi connectivity index (χ3n) is 2.69. The van der Waals surface area contributed by atoms with E-state index < -0.39 is 5.82 Å². The number of halogens is 1. The number of anilines is 1. The minimum Gasteiger partial charge on any atom is -0.497 e. The first-order valence-corrected chi connectivity index (χ1v) is 5.62. The minimum atomic E-state index is -0.493. The second-order valence-corrected chi connectivity index (χ2v) is 3.88. The Balaban J connectivity index is 2.35. The molecule has 1 aromatic heterocycles. The average molecular weight is 263 g/mol. The highest BCUT2D eigenvalue weighted by molar-refractivity contribution is 5.42. The number of ether oxygens (including phenoxy) is 2. The molecule has 0 aliphatic heterocycles. The largest absolute Gasteiger partial charge is 0.497 e. The van der Waals surface area contributed by atoms with Crippen molar-refractivity contribution in [3.63, 3.8) is 0 Å². The van der Waals surface area contributed by atoms with Crippen LogP contribution in [0.1, 0.15) is 11.3 Å². The first kappa shape index (κ1) is 13.1. The van der Waals surface area contributed by atoms with E-state index in [-0.39, 0.29) is 18.1 Å². The van der Waals surface area contributed by atoms with Crippen LogP contribution in [-0.4, -0.2) is 24.2 Å². The molecule has 2 aromatic rings. The summed E-state index contributed by atoms with van der Waals surface area (Å²) in [5.41, 5.74) is 6.48. The molecule has 2 rings (SSSR count). The third kappa shape index (κ3) is 2.90. The van der Waals surface area contributed by atoms with Crippen molar-refractivity contribution in [3.05, 3.63) is 41.5 Å². The summed E-state index contributed by atoms with van der Waals surface area (Å²) in [4.78, 5) is 7.48. The molecule has 0 saturated heterocycles. The zero-order valence-electron chi connectivity index (χ0n) is 10.7. The van der Waals surface area contributed by atoms with Gasteiger partial charge in [-0.25, -0.2) is 14.4 Å². The fraction of sp³-hybridized carbons (Fsp3) is 0.231.